The maximum Gasteiger partial charge on any atom is 0.220 e. The number of aromatic nitrogens is 4. The molecule has 0 bridgehead atoms. The number of hydrogen-bond acceptors (Lipinski definition) is 4. The molecule has 2 aromatic heterocycles. The van der Waals surface area contributed by atoms with Crippen molar-refractivity contribution in [1.29, 1.82) is 0 Å². The molecule has 128 valence electrons. The van der Waals surface area contributed by atoms with Crippen molar-refractivity contribution in [3.05, 3.63) is 36.5 Å². The molecule has 2 heterocycles. The molecule has 1 saturated carbocycles. The van der Waals surface area contributed by atoms with E-state index in [0.29, 0.717) is 30.6 Å². The first kappa shape index (κ1) is 16.6. The highest BCUT2D eigenvalue weighted by atomic mass is 16.1. The van der Waals surface area contributed by atoms with Gasteiger partial charge in [-0.2, -0.15) is 5.10 Å². The summed E-state index contributed by atoms with van der Waals surface area (Å²) in [5.41, 5.74) is 0.932. The predicted octanol–water partition coefficient (Wildman–Crippen LogP) is 2.89. The molecule has 0 unspecified atom stereocenters. The zero-order valence-corrected chi connectivity index (χ0v) is 14.2. The molecule has 1 aliphatic rings. The van der Waals surface area contributed by atoms with Gasteiger partial charge in [0.15, 0.2) is 5.82 Å². The SMILES string of the molecule is C[C@@H](CC(=O)NCc1cccnc1-n1cncn1)C1CCCCC1. The molecular weight excluding hydrogens is 302 g/mol. The van der Waals surface area contributed by atoms with E-state index in [0.717, 1.165) is 5.56 Å². The Balaban J connectivity index is 1.55. The van der Waals surface area contributed by atoms with E-state index < -0.39 is 0 Å². The van der Waals surface area contributed by atoms with Crippen molar-refractivity contribution in [3.8, 4) is 5.82 Å². The Bertz CT molecular complexity index is 649. The zero-order chi connectivity index (χ0) is 16.8. The van der Waals surface area contributed by atoms with Crippen LogP contribution in [0.1, 0.15) is 51.0 Å². The fourth-order valence-corrected chi connectivity index (χ4v) is 3.52. The lowest BCUT2D eigenvalue weighted by atomic mass is 9.79. The standard InChI is InChI=1S/C18H25N5O/c1-14(15-6-3-2-4-7-15)10-17(24)21-11-16-8-5-9-20-18(16)23-13-19-12-22-23/h5,8-9,12-15H,2-4,6-7,10-11H2,1H3,(H,21,24)/t14-/m0/s1. The van der Waals surface area contributed by atoms with E-state index in [9.17, 15) is 4.79 Å². The second-order valence-corrected chi connectivity index (χ2v) is 6.68. The van der Waals surface area contributed by atoms with Crippen LogP contribution in [0.4, 0.5) is 0 Å². The van der Waals surface area contributed by atoms with Crippen LogP contribution in [0.3, 0.4) is 0 Å². The highest BCUT2D eigenvalue weighted by molar-refractivity contribution is 5.76. The van der Waals surface area contributed by atoms with Gasteiger partial charge >= 0.3 is 0 Å². The molecule has 3 rings (SSSR count). The van der Waals surface area contributed by atoms with E-state index in [1.165, 1.54) is 38.4 Å². The summed E-state index contributed by atoms with van der Waals surface area (Å²) >= 11 is 0. The molecule has 0 aliphatic heterocycles. The summed E-state index contributed by atoms with van der Waals surface area (Å²) in [5, 5.41) is 7.14. The number of amides is 1. The van der Waals surface area contributed by atoms with Crippen molar-refractivity contribution in [3.63, 3.8) is 0 Å². The van der Waals surface area contributed by atoms with Gasteiger partial charge in [-0.05, 0) is 17.9 Å². The van der Waals surface area contributed by atoms with Crippen molar-refractivity contribution in [2.45, 2.75) is 52.0 Å². The van der Waals surface area contributed by atoms with E-state index in [1.807, 2.05) is 12.1 Å². The minimum Gasteiger partial charge on any atom is -0.352 e. The van der Waals surface area contributed by atoms with Gasteiger partial charge in [0.2, 0.25) is 5.91 Å². The van der Waals surface area contributed by atoms with Crippen LogP contribution in [-0.2, 0) is 11.3 Å². The molecule has 1 amide bonds. The van der Waals surface area contributed by atoms with Gasteiger partial charge < -0.3 is 5.32 Å². The lowest BCUT2D eigenvalue weighted by Crippen LogP contribution is -2.28. The Morgan fingerprint density at radius 3 is 2.96 bits per heavy atom. The molecule has 24 heavy (non-hydrogen) atoms. The number of rotatable bonds is 6. The third kappa shape index (κ3) is 4.19. The normalized spacial score (nSPS) is 16.7. The Kier molecular flexibility index (Phi) is 5.56. The van der Waals surface area contributed by atoms with Gasteiger partial charge in [-0.15, -0.1) is 0 Å². The van der Waals surface area contributed by atoms with Crippen LogP contribution in [0.5, 0.6) is 0 Å². The molecule has 1 aliphatic carbocycles. The van der Waals surface area contributed by atoms with Gasteiger partial charge in [-0.3, -0.25) is 4.79 Å². The third-order valence-corrected chi connectivity index (χ3v) is 4.94. The molecule has 1 atom stereocenters. The van der Waals surface area contributed by atoms with Gasteiger partial charge in [0, 0.05) is 24.7 Å². The van der Waals surface area contributed by atoms with E-state index in [2.05, 4.69) is 27.3 Å². The van der Waals surface area contributed by atoms with Crippen molar-refractivity contribution >= 4 is 5.91 Å². The summed E-state index contributed by atoms with van der Waals surface area (Å²) in [6.07, 6.45) is 11.9. The number of nitrogens with one attached hydrogen (secondary N) is 1. The minimum atomic E-state index is 0.112. The first-order valence-corrected chi connectivity index (χ1v) is 8.79. The van der Waals surface area contributed by atoms with Gasteiger partial charge in [-0.25, -0.2) is 14.6 Å². The molecule has 1 N–H and O–H groups in total. The quantitative estimate of drug-likeness (QED) is 0.885. The average Bonchev–Trinajstić information content (AvgIpc) is 3.15. The van der Waals surface area contributed by atoms with Gasteiger partial charge in [-0.1, -0.05) is 45.1 Å². The number of carbonyl (C=O) groups excluding carboxylic acids is 1. The maximum atomic E-state index is 12.3. The molecule has 0 aromatic carbocycles. The summed E-state index contributed by atoms with van der Waals surface area (Å²) < 4.78 is 1.62. The van der Waals surface area contributed by atoms with Crippen molar-refractivity contribution in [1.82, 2.24) is 25.1 Å². The Hall–Kier alpha value is -2.24. The highest BCUT2D eigenvalue weighted by Crippen LogP contribution is 2.31. The van der Waals surface area contributed by atoms with Crippen molar-refractivity contribution < 1.29 is 4.79 Å². The summed E-state index contributed by atoms with van der Waals surface area (Å²) in [5.74, 6) is 1.97. The minimum absolute atomic E-state index is 0.112. The third-order valence-electron chi connectivity index (χ3n) is 4.94. The van der Waals surface area contributed by atoms with Gasteiger partial charge in [0.05, 0.1) is 0 Å². The van der Waals surface area contributed by atoms with E-state index in [-0.39, 0.29) is 5.91 Å². The average molecular weight is 327 g/mol. The summed E-state index contributed by atoms with van der Waals surface area (Å²) in [4.78, 5) is 20.6. The zero-order valence-electron chi connectivity index (χ0n) is 14.2. The second kappa shape index (κ2) is 8.04. The van der Waals surface area contributed by atoms with Crippen LogP contribution < -0.4 is 5.32 Å². The molecule has 0 spiro atoms. The van der Waals surface area contributed by atoms with Crippen LogP contribution in [0.15, 0.2) is 31.0 Å². The van der Waals surface area contributed by atoms with E-state index in [4.69, 9.17) is 0 Å². The highest BCUT2D eigenvalue weighted by Gasteiger charge is 2.22. The molecule has 6 heteroatoms. The Labute approximate surface area is 142 Å². The summed E-state index contributed by atoms with van der Waals surface area (Å²) in [6, 6.07) is 3.82. The molecule has 2 aromatic rings. The lowest BCUT2D eigenvalue weighted by Gasteiger charge is -2.27. The second-order valence-electron chi connectivity index (χ2n) is 6.68. The van der Waals surface area contributed by atoms with Crippen LogP contribution >= 0.6 is 0 Å². The van der Waals surface area contributed by atoms with Crippen molar-refractivity contribution in [2.75, 3.05) is 0 Å². The van der Waals surface area contributed by atoms with Crippen LogP contribution in [0, 0.1) is 11.8 Å². The number of hydrogen-bond donors (Lipinski definition) is 1. The molecule has 1 fully saturated rings. The topological polar surface area (TPSA) is 72.7 Å². The largest absolute Gasteiger partial charge is 0.352 e. The van der Waals surface area contributed by atoms with Gasteiger partial charge in [0.25, 0.3) is 0 Å². The van der Waals surface area contributed by atoms with E-state index >= 15 is 0 Å². The maximum absolute atomic E-state index is 12.3. The van der Waals surface area contributed by atoms with Gasteiger partial charge in [0.1, 0.15) is 12.7 Å². The predicted molar refractivity (Wildman–Crippen MR) is 91.4 cm³/mol. The van der Waals surface area contributed by atoms with E-state index in [1.54, 1.807) is 17.2 Å². The lowest BCUT2D eigenvalue weighted by molar-refractivity contribution is -0.122. The monoisotopic (exact) mass is 327 g/mol. The molecular formula is C18H25N5O. The Morgan fingerprint density at radius 2 is 2.21 bits per heavy atom. The first-order chi connectivity index (χ1) is 11.7. The fourth-order valence-electron chi connectivity index (χ4n) is 3.52. The molecule has 6 nitrogen and oxygen atoms in total. The van der Waals surface area contributed by atoms with Crippen LogP contribution in [-0.4, -0.2) is 25.7 Å². The van der Waals surface area contributed by atoms with Crippen molar-refractivity contribution in [2.24, 2.45) is 11.8 Å². The molecule has 0 saturated heterocycles. The number of carbonyl (C=O) groups is 1. The van der Waals surface area contributed by atoms with Crippen LogP contribution in [0.2, 0.25) is 0 Å². The fraction of sp³-hybridized carbons (Fsp3) is 0.556. The van der Waals surface area contributed by atoms with Crippen LogP contribution in [0.25, 0.3) is 5.82 Å². The summed E-state index contributed by atoms with van der Waals surface area (Å²) in [6.45, 7) is 2.67. The first-order valence-electron chi connectivity index (χ1n) is 8.79. The molecule has 0 radical (unpaired) electrons. The number of nitrogens with zero attached hydrogens (tertiary/aromatic N) is 4. The smallest absolute Gasteiger partial charge is 0.220 e. The Morgan fingerprint density at radius 1 is 1.38 bits per heavy atom. The number of pyridine rings is 1. The summed E-state index contributed by atoms with van der Waals surface area (Å²) in [7, 11) is 0.